The Balaban J connectivity index is 2.15. The predicted molar refractivity (Wildman–Crippen MR) is 79.7 cm³/mol. The minimum atomic E-state index is -0.415. The second kappa shape index (κ2) is 6.73. The molecule has 0 amide bonds. The minimum Gasteiger partial charge on any atom is -0.488 e. The van der Waals surface area contributed by atoms with Gasteiger partial charge < -0.3 is 10.1 Å². The Morgan fingerprint density at radius 1 is 1.25 bits per heavy atom. The largest absolute Gasteiger partial charge is 0.488 e. The van der Waals surface area contributed by atoms with E-state index in [-0.39, 0.29) is 5.02 Å². The van der Waals surface area contributed by atoms with Gasteiger partial charge in [-0.2, -0.15) is 0 Å². The van der Waals surface area contributed by atoms with Crippen LogP contribution >= 0.6 is 11.6 Å². The van der Waals surface area contributed by atoms with Crippen LogP contribution in [-0.2, 0) is 13.2 Å². The first-order valence-electron chi connectivity index (χ1n) is 6.41. The molecule has 0 fully saturated rings. The van der Waals surface area contributed by atoms with Gasteiger partial charge in [-0.3, -0.25) is 0 Å². The number of aryl methyl sites for hydroxylation is 1. The van der Waals surface area contributed by atoms with E-state index in [0.717, 1.165) is 29.0 Å². The van der Waals surface area contributed by atoms with Gasteiger partial charge in [-0.1, -0.05) is 35.9 Å². The molecule has 0 unspecified atom stereocenters. The summed E-state index contributed by atoms with van der Waals surface area (Å²) in [5.74, 6) is 0.449. The SMILES string of the molecule is CNCc1cccc(C)c1OCc1ccc(F)c(Cl)c1. The van der Waals surface area contributed by atoms with Gasteiger partial charge in [-0.25, -0.2) is 4.39 Å². The monoisotopic (exact) mass is 293 g/mol. The Bertz CT molecular complexity index is 601. The number of rotatable bonds is 5. The maximum absolute atomic E-state index is 13.1. The van der Waals surface area contributed by atoms with Gasteiger partial charge in [0.05, 0.1) is 5.02 Å². The van der Waals surface area contributed by atoms with Crippen molar-refractivity contribution in [2.45, 2.75) is 20.1 Å². The van der Waals surface area contributed by atoms with Crippen LogP contribution in [0.1, 0.15) is 16.7 Å². The van der Waals surface area contributed by atoms with Crippen molar-refractivity contribution in [3.8, 4) is 5.75 Å². The van der Waals surface area contributed by atoms with Crippen LogP contribution in [0, 0.1) is 12.7 Å². The van der Waals surface area contributed by atoms with Crippen molar-refractivity contribution in [1.82, 2.24) is 5.32 Å². The van der Waals surface area contributed by atoms with Crippen molar-refractivity contribution < 1.29 is 9.13 Å². The molecule has 2 aromatic carbocycles. The zero-order valence-corrected chi connectivity index (χ0v) is 12.3. The molecule has 0 aromatic heterocycles. The highest BCUT2D eigenvalue weighted by molar-refractivity contribution is 6.30. The van der Waals surface area contributed by atoms with Gasteiger partial charge in [0.15, 0.2) is 0 Å². The lowest BCUT2D eigenvalue weighted by molar-refractivity contribution is 0.300. The normalized spacial score (nSPS) is 10.6. The summed E-state index contributed by atoms with van der Waals surface area (Å²) in [6, 6.07) is 10.7. The average Bonchev–Trinajstić information content (AvgIpc) is 2.42. The molecule has 2 rings (SSSR count). The predicted octanol–water partition coefficient (Wildman–Crippen LogP) is 4.09. The standard InChI is InChI=1S/C16H17ClFNO/c1-11-4-3-5-13(9-19-2)16(11)20-10-12-6-7-15(18)14(17)8-12/h3-8,19H,9-10H2,1-2H3. The molecule has 1 N–H and O–H groups in total. The lowest BCUT2D eigenvalue weighted by Gasteiger charge is -2.14. The van der Waals surface area contributed by atoms with Crippen molar-refractivity contribution in [3.63, 3.8) is 0 Å². The molecule has 0 aliphatic carbocycles. The molecule has 0 spiro atoms. The van der Waals surface area contributed by atoms with Gasteiger partial charge in [0, 0.05) is 12.1 Å². The van der Waals surface area contributed by atoms with Gasteiger partial charge in [-0.15, -0.1) is 0 Å². The lowest BCUT2D eigenvalue weighted by atomic mass is 10.1. The summed E-state index contributed by atoms with van der Waals surface area (Å²) in [6.45, 7) is 3.11. The summed E-state index contributed by atoms with van der Waals surface area (Å²) in [5, 5.41) is 3.23. The van der Waals surface area contributed by atoms with Crippen molar-refractivity contribution in [1.29, 1.82) is 0 Å². The van der Waals surface area contributed by atoms with Crippen LogP contribution < -0.4 is 10.1 Å². The molecular weight excluding hydrogens is 277 g/mol. The van der Waals surface area contributed by atoms with E-state index in [1.165, 1.54) is 6.07 Å². The number of hydrogen-bond donors (Lipinski definition) is 1. The maximum Gasteiger partial charge on any atom is 0.141 e. The second-order valence-corrected chi connectivity index (χ2v) is 5.04. The molecule has 0 atom stereocenters. The van der Waals surface area contributed by atoms with E-state index < -0.39 is 5.82 Å². The molecule has 0 saturated heterocycles. The molecule has 0 aliphatic rings. The van der Waals surface area contributed by atoms with Gasteiger partial charge >= 0.3 is 0 Å². The Morgan fingerprint density at radius 3 is 2.75 bits per heavy atom. The quantitative estimate of drug-likeness (QED) is 0.896. The number of nitrogens with one attached hydrogen (secondary N) is 1. The van der Waals surface area contributed by atoms with Gasteiger partial charge in [-0.05, 0) is 37.2 Å². The van der Waals surface area contributed by atoms with Crippen LogP contribution in [0.15, 0.2) is 36.4 Å². The summed E-state index contributed by atoms with van der Waals surface area (Å²) < 4.78 is 19.0. The molecule has 0 radical (unpaired) electrons. The lowest BCUT2D eigenvalue weighted by Crippen LogP contribution is -2.08. The van der Waals surface area contributed by atoms with Crippen LogP contribution in [-0.4, -0.2) is 7.05 Å². The summed E-state index contributed by atoms with van der Waals surface area (Å²) in [4.78, 5) is 0. The smallest absolute Gasteiger partial charge is 0.141 e. The fourth-order valence-electron chi connectivity index (χ4n) is 2.03. The zero-order valence-electron chi connectivity index (χ0n) is 11.5. The van der Waals surface area contributed by atoms with Crippen molar-refractivity contribution in [2.75, 3.05) is 7.05 Å². The third-order valence-electron chi connectivity index (χ3n) is 3.03. The number of halogens is 2. The van der Waals surface area contributed by atoms with E-state index in [1.807, 2.05) is 32.2 Å². The molecule has 0 saturated carbocycles. The Morgan fingerprint density at radius 2 is 2.05 bits per heavy atom. The summed E-state index contributed by atoms with van der Waals surface area (Å²) in [6.07, 6.45) is 0. The average molecular weight is 294 g/mol. The molecule has 0 heterocycles. The maximum atomic E-state index is 13.1. The van der Waals surface area contributed by atoms with Crippen molar-refractivity contribution in [2.24, 2.45) is 0 Å². The Labute approximate surface area is 123 Å². The molecule has 20 heavy (non-hydrogen) atoms. The minimum absolute atomic E-state index is 0.117. The van der Waals surface area contributed by atoms with Gasteiger partial charge in [0.1, 0.15) is 18.2 Å². The van der Waals surface area contributed by atoms with Crippen LogP contribution in [0.2, 0.25) is 5.02 Å². The first-order valence-corrected chi connectivity index (χ1v) is 6.79. The van der Waals surface area contributed by atoms with Gasteiger partial charge in [0.2, 0.25) is 0 Å². The van der Waals surface area contributed by atoms with E-state index in [4.69, 9.17) is 16.3 Å². The number of para-hydroxylation sites is 1. The summed E-state index contributed by atoms with van der Waals surface area (Å²) in [7, 11) is 1.89. The molecule has 2 aromatic rings. The van der Waals surface area contributed by atoms with Crippen LogP contribution in [0.25, 0.3) is 0 Å². The third-order valence-corrected chi connectivity index (χ3v) is 3.32. The van der Waals surface area contributed by atoms with Gasteiger partial charge in [0.25, 0.3) is 0 Å². The molecular formula is C16H17ClFNO. The third kappa shape index (κ3) is 3.50. The fourth-order valence-corrected chi connectivity index (χ4v) is 2.24. The molecule has 0 aliphatic heterocycles. The Hall–Kier alpha value is -1.58. The molecule has 2 nitrogen and oxygen atoms in total. The highest BCUT2D eigenvalue weighted by Crippen LogP contribution is 2.25. The van der Waals surface area contributed by atoms with E-state index in [0.29, 0.717) is 6.61 Å². The second-order valence-electron chi connectivity index (χ2n) is 4.63. The number of ether oxygens (including phenoxy) is 1. The topological polar surface area (TPSA) is 21.3 Å². The zero-order chi connectivity index (χ0) is 14.5. The Kier molecular flexibility index (Phi) is 4.99. The number of benzene rings is 2. The van der Waals surface area contributed by atoms with Crippen LogP contribution in [0.5, 0.6) is 5.75 Å². The van der Waals surface area contributed by atoms with Crippen LogP contribution in [0.3, 0.4) is 0 Å². The molecule has 4 heteroatoms. The summed E-state index contributed by atoms with van der Waals surface area (Å²) >= 11 is 5.77. The molecule has 106 valence electrons. The van der Waals surface area contributed by atoms with Crippen molar-refractivity contribution in [3.05, 3.63) is 63.9 Å². The molecule has 0 bridgehead atoms. The first kappa shape index (κ1) is 14.8. The number of hydrogen-bond acceptors (Lipinski definition) is 2. The van der Waals surface area contributed by atoms with E-state index in [2.05, 4.69) is 5.32 Å². The first-order chi connectivity index (χ1) is 9.61. The highest BCUT2D eigenvalue weighted by atomic mass is 35.5. The highest BCUT2D eigenvalue weighted by Gasteiger charge is 2.07. The van der Waals surface area contributed by atoms with Crippen LogP contribution in [0.4, 0.5) is 4.39 Å². The van der Waals surface area contributed by atoms with Crippen molar-refractivity contribution >= 4 is 11.6 Å². The van der Waals surface area contributed by atoms with E-state index in [1.54, 1.807) is 12.1 Å². The van der Waals surface area contributed by atoms with E-state index in [9.17, 15) is 4.39 Å². The summed E-state index contributed by atoms with van der Waals surface area (Å²) in [5.41, 5.74) is 3.02. The van der Waals surface area contributed by atoms with E-state index >= 15 is 0 Å². The fraction of sp³-hybridized carbons (Fsp3) is 0.250.